The molecule has 3 N–H and O–H groups in total. The Kier molecular flexibility index (Phi) is 6.34. The van der Waals surface area contributed by atoms with E-state index in [1.807, 2.05) is 36.4 Å². The van der Waals surface area contributed by atoms with Crippen LogP contribution in [0.2, 0.25) is 10.0 Å². The smallest absolute Gasteiger partial charge is 0.321 e. The summed E-state index contributed by atoms with van der Waals surface area (Å²) in [4.78, 5) is 28.6. The second-order valence-corrected chi connectivity index (χ2v) is 10.1. The first-order valence-electron chi connectivity index (χ1n) is 11.6. The highest BCUT2D eigenvalue weighted by molar-refractivity contribution is 6.31. The monoisotopic (exact) mass is 509 g/mol. The number of likely N-dealkylation sites (tertiary alicyclic amines) is 1. The van der Waals surface area contributed by atoms with E-state index in [-0.39, 0.29) is 23.6 Å². The third-order valence-corrected chi connectivity index (χ3v) is 7.48. The number of nitrogens with zero attached hydrogens (tertiary/aromatic N) is 1. The first-order valence-corrected chi connectivity index (χ1v) is 12.3. The van der Waals surface area contributed by atoms with E-state index in [2.05, 4.69) is 10.6 Å². The first-order chi connectivity index (χ1) is 16.8. The van der Waals surface area contributed by atoms with Crippen LogP contribution in [0.1, 0.15) is 24.0 Å². The number of carbonyl (C=O) groups excluding carboxylic acids is 2. The predicted octanol–water partition coefficient (Wildman–Crippen LogP) is 6.08. The number of urea groups is 1. The van der Waals surface area contributed by atoms with Gasteiger partial charge in [-0.25, -0.2) is 4.79 Å². The van der Waals surface area contributed by atoms with Crippen LogP contribution in [0.3, 0.4) is 0 Å². The molecular weight excluding hydrogens is 485 g/mol. The lowest BCUT2D eigenvalue weighted by Crippen LogP contribution is -2.52. The summed E-state index contributed by atoms with van der Waals surface area (Å²) >= 11 is 12.5. The Bertz CT molecular complexity index is 1280. The van der Waals surface area contributed by atoms with Gasteiger partial charge in [0.2, 0.25) is 5.91 Å². The van der Waals surface area contributed by atoms with Gasteiger partial charge in [-0.15, -0.1) is 0 Å². The third-order valence-electron chi connectivity index (χ3n) is 7.01. The summed E-state index contributed by atoms with van der Waals surface area (Å²) in [7, 11) is 0. The summed E-state index contributed by atoms with van der Waals surface area (Å²) in [6.07, 6.45) is 2.05. The fourth-order valence-electron chi connectivity index (χ4n) is 5.37. The van der Waals surface area contributed by atoms with Crippen LogP contribution in [-0.2, 0) is 16.6 Å². The van der Waals surface area contributed by atoms with Gasteiger partial charge in [0.1, 0.15) is 5.75 Å². The minimum atomic E-state index is -0.859. The molecular formula is C27H25Cl2N3O3. The molecule has 8 heteroatoms. The predicted molar refractivity (Wildman–Crippen MR) is 138 cm³/mol. The Morgan fingerprint density at radius 1 is 1.09 bits per heavy atom. The number of phenolic OH excluding ortho intramolecular Hbond substituents is 1. The van der Waals surface area contributed by atoms with Gasteiger partial charge < -0.3 is 20.6 Å². The van der Waals surface area contributed by atoms with E-state index < -0.39 is 5.41 Å². The number of phenols is 1. The molecule has 0 bridgehead atoms. The van der Waals surface area contributed by atoms with Crippen LogP contribution in [0.4, 0.5) is 16.2 Å². The van der Waals surface area contributed by atoms with E-state index in [0.29, 0.717) is 35.2 Å². The molecule has 0 saturated carbocycles. The lowest BCUT2D eigenvalue weighted by atomic mass is 9.65. The van der Waals surface area contributed by atoms with Crippen molar-refractivity contribution in [1.29, 1.82) is 0 Å². The molecule has 35 heavy (non-hydrogen) atoms. The number of hydrogen-bond acceptors (Lipinski definition) is 3. The number of aromatic hydroxyl groups is 1. The second kappa shape index (κ2) is 9.44. The Morgan fingerprint density at radius 2 is 1.86 bits per heavy atom. The van der Waals surface area contributed by atoms with E-state index >= 15 is 0 Å². The molecule has 1 fully saturated rings. The largest absolute Gasteiger partial charge is 0.508 e. The van der Waals surface area contributed by atoms with Crippen molar-refractivity contribution in [2.45, 2.75) is 24.7 Å². The second-order valence-electron chi connectivity index (χ2n) is 9.18. The Labute approximate surface area is 213 Å². The maximum atomic E-state index is 13.7. The Balaban J connectivity index is 1.48. The summed E-state index contributed by atoms with van der Waals surface area (Å²) in [5, 5.41) is 16.6. The average molecular weight is 510 g/mol. The van der Waals surface area contributed by atoms with Gasteiger partial charge in [0.05, 0.1) is 5.41 Å². The molecule has 3 aromatic carbocycles. The van der Waals surface area contributed by atoms with Gasteiger partial charge in [-0.3, -0.25) is 4.79 Å². The van der Waals surface area contributed by atoms with Gasteiger partial charge in [0.25, 0.3) is 0 Å². The molecule has 3 aromatic rings. The number of amides is 3. The van der Waals surface area contributed by atoms with E-state index in [9.17, 15) is 14.7 Å². The average Bonchev–Trinajstić information content (AvgIpc) is 3.11. The van der Waals surface area contributed by atoms with Crippen LogP contribution >= 0.6 is 23.2 Å². The molecule has 2 atom stereocenters. The van der Waals surface area contributed by atoms with Crippen molar-refractivity contribution in [3.05, 3.63) is 87.9 Å². The lowest BCUT2D eigenvalue weighted by Gasteiger charge is -2.42. The van der Waals surface area contributed by atoms with E-state index in [0.717, 1.165) is 29.7 Å². The molecule has 1 saturated heterocycles. The van der Waals surface area contributed by atoms with Gasteiger partial charge in [-0.05, 0) is 84.8 Å². The minimum Gasteiger partial charge on any atom is -0.508 e. The quantitative estimate of drug-likeness (QED) is 0.373. The molecule has 0 radical (unpaired) electrons. The number of carbonyl (C=O) groups is 2. The zero-order chi connectivity index (χ0) is 24.6. The molecule has 0 aromatic heterocycles. The summed E-state index contributed by atoms with van der Waals surface area (Å²) in [5.74, 6) is -0.0567. The van der Waals surface area contributed by atoms with Crippen molar-refractivity contribution < 1.29 is 14.7 Å². The van der Waals surface area contributed by atoms with Gasteiger partial charge in [0, 0.05) is 34.5 Å². The van der Waals surface area contributed by atoms with Crippen molar-refractivity contribution in [2.24, 2.45) is 5.92 Å². The first kappa shape index (κ1) is 23.5. The van der Waals surface area contributed by atoms with Crippen molar-refractivity contribution >= 4 is 46.5 Å². The van der Waals surface area contributed by atoms with Gasteiger partial charge in [0.15, 0.2) is 0 Å². The minimum absolute atomic E-state index is 0.0828. The zero-order valence-corrected chi connectivity index (χ0v) is 20.4. The van der Waals surface area contributed by atoms with Crippen molar-refractivity contribution in [2.75, 3.05) is 23.7 Å². The summed E-state index contributed by atoms with van der Waals surface area (Å²) in [6.45, 7) is 1.03. The van der Waals surface area contributed by atoms with Gasteiger partial charge >= 0.3 is 6.03 Å². The van der Waals surface area contributed by atoms with Crippen LogP contribution in [0.25, 0.3) is 0 Å². The topological polar surface area (TPSA) is 81.7 Å². The molecule has 2 unspecified atom stereocenters. The Morgan fingerprint density at radius 3 is 2.63 bits per heavy atom. The lowest BCUT2D eigenvalue weighted by molar-refractivity contribution is -0.123. The van der Waals surface area contributed by atoms with Crippen molar-refractivity contribution in [3.63, 3.8) is 0 Å². The van der Waals surface area contributed by atoms with Gasteiger partial charge in [-0.1, -0.05) is 41.4 Å². The standard InChI is InChI=1S/C27H25Cl2N3O3/c28-19-5-1-3-17(13-19)15-27(23-11-6-20(29)14-24(23)31-25(27)34)18-4-2-12-32(16-18)26(35)30-21-7-9-22(33)10-8-21/h1,3,5-11,13-14,18,33H,2,4,12,15-16H2,(H,30,35)(H,31,34). The number of piperidine rings is 1. The van der Waals surface area contributed by atoms with E-state index in [4.69, 9.17) is 23.2 Å². The molecule has 180 valence electrons. The highest BCUT2D eigenvalue weighted by Gasteiger charge is 2.53. The molecule has 2 heterocycles. The number of halogens is 2. The van der Waals surface area contributed by atoms with E-state index in [1.54, 1.807) is 23.1 Å². The fraction of sp³-hybridized carbons (Fsp3) is 0.259. The molecule has 5 rings (SSSR count). The molecule has 0 spiro atoms. The van der Waals surface area contributed by atoms with Crippen LogP contribution in [0.5, 0.6) is 5.75 Å². The number of benzene rings is 3. The summed E-state index contributed by atoms with van der Waals surface area (Å²) in [6, 6.07) is 19.2. The zero-order valence-electron chi connectivity index (χ0n) is 18.9. The number of hydrogen-bond donors (Lipinski definition) is 3. The summed E-state index contributed by atoms with van der Waals surface area (Å²) < 4.78 is 0. The normalized spacial score (nSPS) is 21.4. The molecule has 2 aliphatic heterocycles. The molecule has 0 aliphatic carbocycles. The highest BCUT2D eigenvalue weighted by atomic mass is 35.5. The fourth-order valence-corrected chi connectivity index (χ4v) is 5.76. The third kappa shape index (κ3) is 4.56. The number of rotatable bonds is 4. The van der Waals surface area contributed by atoms with Crippen LogP contribution in [0.15, 0.2) is 66.7 Å². The van der Waals surface area contributed by atoms with Crippen LogP contribution in [0, 0.1) is 5.92 Å². The SMILES string of the molecule is O=C(Nc1ccc(O)cc1)N1CCCC(C2(Cc3cccc(Cl)c3)C(=O)Nc3cc(Cl)ccc32)C1. The van der Waals surface area contributed by atoms with Crippen molar-refractivity contribution in [3.8, 4) is 5.75 Å². The number of nitrogens with one attached hydrogen (secondary N) is 2. The summed E-state index contributed by atoms with van der Waals surface area (Å²) in [5.41, 5.74) is 2.32. The Hall–Kier alpha value is -3.22. The maximum Gasteiger partial charge on any atom is 0.321 e. The molecule has 3 amide bonds. The highest BCUT2D eigenvalue weighted by Crippen LogP contribution is 2.49. The molecule has 2 aliphatic rings. The van der Waals surface area contributed by atoms with E-state index in [1.165, 1.54) is 12.1 Å². The van der Waals surface area contributed by atoms with Gasteiger partial charge in [-0.2, -0.15) is 0 Å². The van der Waals surface area contributed by atoms with Crippen molar-refractivity contribution in [1.82, 2.24) is 4.90 Å². The maximum absolute atomic E-state index is 13.7. The molecule has 6 nitrogen and oxygen atoms in total. The van der Waals surface area contributed by atoms with Crippen LogP contribution in [-0.4, -0.2) is 35.0 Å². The number of anilines is 2. The van der Waals surface area contributed by atoms with Crippen LogP contribution < -0.4 is 10.6 Å². The number of fused-ring (bicyclic) bond motifs is 1.